The van der Waals surface area contributed by atoms with Crippen LogP contribution in [0, 0.1) is 11.8 Å². The van der Waals surface area contributed by atoms with Gasteiger partial charge >= 0.3 is 0 Å². The van der Waals surface area contributed by atoms with Gasteiger partial charge in [0.25, 0.3) is 0 Å². The normalized spacial score (nSPS) is 13.3. The zero-order valence-corrected chi connectivity index (χ0v) is 10.8. The number of hydrogen-bond donors (Lipinski definition) is 1. The molecule has 0 aromatic heterocycles. The van der Waals surface area contributed by atoms with Gasteiger partial charge in [-0.15, -0.1) is 5.92 Å². The van der Waals surface area contributed by atoms with E-state index < -0.39 is 6.04 Å². The molecule has 0 unspecified atom stereocenters. The lowest BCUT2D eigenvalue weighted by atomic mass is 10.1. The number of nitrogens with two attached hydrogens (primary N) is 1. The highest BCUT2D eigenvalue weighted by molar-refractivity contribution is 5.86. The van der Waals surface area contributed by atoms with E-state index >= 15 is 0 Å². The summed E-state index contributed by atoms with van der Waals surface area (Å²) in [5.41, 5.74) is 6.89. The predicted octanol–water partition coefficient (Wildman–Crippen LogP) is 1.90. The third-order valence-corrected chi connectivity index (χ3v) is 2.67. The van der Waals surface area contributed by atoms with Crippen LogP contribution in [0.1, 0.15) is 25.8 Å². The number of rotatable bonds is 6. The summed E-state index contributed by atoms with van der Waals surface area (Å²) in [7, 11) is 0. The molecule has 0 aliphatic carbocycles. The molecule has 0 spiro atoms. The Morgan fingerprint density at radius 1 is 1.39 bits per heavy atom. The van der Waals surface area contributed by atoms with Crippen LogP contribution in [0.25, 0.3) is 0 Å². The molecule has 0 bridgehead atoms. The standard InChI is InChI=1S/C15H19NO2/c1-3-4-10-14(17)15(16)12(2)18-11-13-8-6-5-7-9-13/h5-9,12,15H,10-11,16H2,1-2H3/t12-,15+/m0/s1. The van der Waals surface area contributed by atoms with Crippen LogP contribution in [0.5, 0.6) is 0 Å². The maximum Gasteiger partial charge on any atom is 0.164 e. The van der Waals surface area contributed by atoms with Gasteiger partial charge in [0.15, 0.2) is 5.78 Å². The zero-order chi connectivity index (χ0) is 13.4. The summed E-state index contributed by atoms with van der Waals surface area (Å²) in [4.78, 5) is 11.6. The average Bonchev–Trinajstić information content (AvgIpc) is 2.42. The van der Waals surface area contributed by atoms with Crippen molar-refractivity contribution in [3.8, 4) is 11.8 Å². The molecule has 1 rings (SSSR count). The van der Waals surface area contributed by atoms with E-state index in [4.69, 9.17) is 10.5 Å². The van der Waals surface area contributed by atoms with Gasteiger partial charge in [0.2, 0.25) is 0 Å². The van der Waals surface area contributed by atoms with Gasteiger partial charge < -0.3 is 10.5 Å². The van der Waals surface area contributed by atoms with E-state index in [1.807, 2.05) is 37.3 Å². The van der Waals surface area contributed by atoms with Gasteiger partial charge in [-0.2, -0.15) is 0 Å². The van der Waals surface area contributed by atoms with E-state index in [1.54, 1.807) is 6.92 Å². The molecule has 3 nitrogen and oxygen atoms in total. The van der Waals surface area contributed by atoms with Crippen LogP contribution in [0.4, 0.5) is 0 Å². The van der Waals surface area contributed by atoms with Crippen molar-refractivity contribution in [3.63, 3.8) is 0 Å². The maximum absolute atomic E-state index is 11.6. The van der Waals surface area contributed by atoms with Gasteiger partial charge in [-0.3, -0.25) is 4.79 Å². The average molecular weight is 245 g/mol. The van der Waals surface area contributed by atoms with Gasteiger partial charge in [-0.25, -0.2) is 0 Å². The molecule has 0 saturated heterocycles. The van der Waals surface area contributed by atoms with Crippen molar-refractivity contribution in [2.45, 2.75) is 39.0 Å². The Bertz CT molecular complexity index is 431. The second-order valence-corrected chi connectivity index (χ2v) is 4.10. The highest BCUT2D eigenvalue weighted by Gasteiger charge is 2.20. The number of carbonyl (C=O) groups is 1. The number of benzene rings is 1. The molecule has 1 aromatic carbocycles. The number of Topliss-reactive ketones (excluding diaryl/α,β-unsaturated/α-hetero) is 1. The van der Waals surface area contributed by atoms with Crippen LogP contribution in [0.3, 0.4) is 0 Å². The monoisotopic (exact) mass is 245 g/mol. The van der Waals surface area contributed by atoms with E-state index in [1.165, 1.54) is 0 Å². The van der Waals surface area contributed by atoms with Crippen molar-refractivity contribution < 1.29 is 9.53 Å². The van der Waals surface area contributed by atoms with Gasteiger partial charge in [0, 0.05) is 0 Å². The summed E-state index contributed by atoms with van der Waals surface area (Å²) in [6, 6.07) is 9.18. The van der Waals surface area contributed by atoms with Crippen molar-refractivity contribution in [3.05, 3.63) is 35.9 Å². The first-order valence-corrected chi connectivity index (χ1v) is 5.98. The fourth-order valence-corrected chi connectivity index (χ4v) is 1.46. The Morgan fingerprint density at radius 3 is 2.67 bits per heavy atom. The van der Waals surface area contributed by atoms with E-state index in [-0.39, 0.29) is 18.3 Å². The fraction of sp³-hybridized carbons (Fsp3) is 0.400. The fourth-order valence-electron chi connectivity index (χ4n) is 1.46. The SMILES string of the molecule is CC#CCC(=O)[C@H](N)[C@H](C)OCc1ccccc1. The van der Waals surface area contributed by atoms with Crippen molar-refractivity contribution >= 4 is 5.78 Å². The third-order valence-electron chi connectivity index (χ3n) is 2.67. The van der Waals surface area contributed by atoms with Crippen LogP contribution >= 0.6 is 0 Å². The molecular formula is C15H19NO2. The zero-order valence-electron chi connectivity index (χ0n) is 10.8. The lowest BCUT2D eigenvalue weighted by Gasteiger charge is -2.18. The smallest absolute Gasteiger partial charge is 0.164 e. The minimum absolute atomic E-state index is 0.0788. The number of hydrogen-bond acceptors (Lipinski definition) is 3. The molecule has 0 saturated carbocycles. The van der Waals surface area contributed by atoms with Crippen molar-refractivity contribution in [1.82, 2.24) is 0 Å². The first-order valence-electron chi connectivity index (χ1n) is 5.98. The highest BCUT2D eigenvalue weighted by atomic mass is 16.5. The molecule has 0 aliphatic heterocycles. The molecule has 0 heterocycles. The Kier molecular flexibility index (Phi) is 6.13. The Balaban J connectivity index is 2.42. The molecule has 0 radical (unpaired) electrons. The molecule has 3 heteroatoms. The number of ether oxygens (including phenoxy) is 1. The van der Waals surface area contributed by atoms with Gasteiger partial charge in [-0.1, -0.05) is 36.3 Å². The maximum atomic E-state index is 11.6. The van der Waals surface area contributed by atoms with E-state index in [9.17, 15) is 4.79 Å². The Morgan fingerprint density at radius 2 is 2.06 bits per heavy atom. The summed E-state index contributed by atoms with van der Waals surface area (Å²) in [6.45, 7) is 3.97. The summed E-state index contributed by atoms with van der Waals surface area (Å²) in [5, 5.41) is 0. The van der Waals surface area contributed by atoms with Crippen molar-refractivity contribution in [1.29, 1.82) is 0 Å². The van der Waals surface area contributed by atoms with Crippen molar-refractivity contribution in [2.75, 3.05) is 0 Å². The molecule has 96 valence electrons. The van der Waals surface area contributed by atoms with Gasteiger partial charge in [-0.05, 0) is 19.4 Å². The van der Waals surface area contributed by atoms with Gasteiger partial charge in [0.1, 0.15) is 0 Å². The first-order chi connectivity index (χ1) is 8.65. The first kappa shape index (κ1) is 14.4. The predicted molar refractivity (Wildman–Crippen MR) is 71.7 cm³/mol. The Hall–Kier alpha value is -1.63. The van der Waals surface area contributed by atoms with E-state index in [0.717, 1.165) is 5.56 Å². The molecule has 0 amide bonds. The summed E-state index contributed by atoms with van der Waals surface area (Å²) in [5.74, 6) is 5.33. The molecule has 0 aliphatic rings. The number of ketones is 1. The number of carbonyl (C=O) groups excluding carboxylic acids is 1. The molecule has 1 aromatic rings. The minimum atomic E-state index is -0.616. The molecular weight excluding hydrogens is 226 g/mol. The Labute approximate surface area is 108 Å². The van der Waals surface area contributed by atoms with Crippen LogP contribution in [0.2, 0.25) is 0 Å². The van der Waals surface area contributed by atoms with E-state index in [2.05, 4.69) is 11.8 Å². The lowest BCUT2D eigenvalue weighted by molar-refractivity contribution is -0.122. The molecule has 2 atom stereocenters. The molecule has 2 N–H and O–H groups in total. The van der Waals surface area contributed by atoms with Crippen LogP contribution < -0.4 is 5.73 Å². The van der Waals surface area contributed by atoms with Crippen LogP contribution in [-0.4, -0.2) is 17.9 Å². The lowest BCUT2D eigenvalue weighted by Crippen LogP contribution is -2.41. The summed E-state index contributed by atoms with van der Waals surface area (Å²) in [6.07, 6.45) is -0.118. The van der Waals surface area contributed by atoms with Crippen LogP contribution in [-0.2, 0) is 16.1 Å². The second kappa shape index (κ2) is 7.65. The topological polar surface area (TPSA) is 52.3 Å². The highest BCUT2D eigenvalue weighted by Crippen LogP contribution is 2.06. The molecule has 0 fully saturated rings. The largest absolute Gasteiger partial charge is 0.372 e. The quantitative estimate of drug-likeness (QED) is 0.779. The second-order valence-electron chi connectivity index (χ2n) is 4.10. The van der Waals surface area contributed by atoms with Gasteiger partial charge in [0.05, 0.1) is 25.2 Å². The van der Waals surface area contributed by atoms with Crippen molar-refractivity contribution in [2.24, 2.45) is 5.73 Å². The summed E-state index contributed by atoms with van der Waals surface area (Å²) < 4.78 is 5.60. The third kappa shape index (κ3) is 4.70. The van der Waals surface area contributed by atoms with Crippen LogP contribution in [0.15, 0.2) is 30.3 Å². The summed E-state index contributed by atoms with van der Waals surface area (Å²) >= 11 is 0. The van der Waals surface area contributed by atoms with E-state index in [0.29, 0.717) is 6.61 Å². The minimum Gasteiger partial charge on any atom is -0.372 e. The molecule has 18 heavy (non-hydrogen) atoms.